The highest BCUT2D eigenvalue weighted by molar-refractivity contribution is 6.35. The second kappa shape index (κ2) is 6.05. The molecule has 15 heavy (non-hydrogen) atoms. The van der Waals surface area contributed by atoms with E-state index in [0.717, 1.165) is 28.5 Å². The molecular formula is C13H14Cl2. The lowest BCUT2D eigenvalue weighted by atomic mass is 10.0. The molecule has 0 N–H and O–H groups in total. The predicted octanol–water partition coefficient (Wildman–Crippen LogP) is 4.59. The molecule has 0 saturated heterocycles. The van der Waals surface area contributed by atoms with Crippen LogP contribution in [0.2, 0.25) is 10.0 Å². The van der Waals surface area contributed by atoms with Crippen LogP contribution in [0.1, 0.15) is 25.8 Å². The Hall–Kier alpha value is -0.640. The number of hydrogen-bond acceptors (Lipinski definition) is 0. The molecule has 1 aromatic carbocycles. The summed E-state index contributed by atoms with van der Waals surface area (Å²) in [6.45, 7) is 4.13. The zero-order chi connectivity index (χ0) is 11.3. The van der Waals surface area contributed by atoms with Gasteiger partial charge in [-0.15, -0.1) is 5.92 Å². The summed E-state index contributed by atoms with van der Waals surface area (Å²) >= 11 is 12.2. The van der Waals surface area contributed by atoms with Gasteiger partial charge in [-0.05, 0) is 24.1 Å². The average Bonchev–Trinajstić information content (AvgIpc) is 2.21. The van der Waals surface area contributed by atoms with E-state index in [1.807, 2.05) is 25.1 Å². The topological polar surface area (TPSA) is 0 Å². The van der Waals surface area contributed by atoms with E-state index >= 15 is 0 Å². The first-order chi connectivity index (χ1) is 7.15. The van der Waals surface area contributed by atoms with E-state index < -0.39 is 0 Å². The Balaban J connectivity index is 2.80. The molecule has 1 rings (SSSR count). The Morgan fingerprint density at radius 1 is 1.27 bits per heavy atom. The van der Waals surface area contributed by atoms with E-state index in [-0.39, 0.29) is 0 Å². The predicted molar refractivity (Wildman–Crippen MR) is 67.4 cm³/mol. The van der Waals surface area contributed by atoms with Crippen molar-refractivity contribution in [3.05, 3.63) is 33.8 Å². The maximum absolute atomic E-state index is 6.08. The minimum absolute atomic E-state index is 0.294. The van der Waals surface area contributed by atoms with Crippen LogP contribution in [0.15, 0.2) is 18.2 Å². The first kappa shape index (κ1) is 12.4. The summed E-state index contributed by atoms with van der Waals surface area (Å²) in [4.78, 5) is 0. The van der Waals surface area contributed by atoms with Crippen molar-refractivity contribution in [2.45, 2.75) is 26.7 Å². The SMILES string of the molecule is CCC#CC(C)Cc1c(Cl)cccc1Cl. The zero-order valence-corrected chi connectivity index (χ0v) is 10.5. The lowest BCUT2D eigenvalue weighted by Crippen LogP contribution is -1.98. The van der Waals surface area contributed by atoms with Gasteiger partial charge in [-0.25, -0.2) is 0 Å². The molecule has 0 radical (unpaired) electrons. The summed E-state index contributed by atoms with van der Waals surface area (Å²) in [6, 6.07) is 5.59. The van der Waals surface area contributed by atoms with Gasteiger partial charge in [0.1, 0.15) is 0 Å². The molecule has 0 nitrogen and oxygen atoms in total. The maximum Gasteiger partial charge on any atom is 0.0453 e. The molecule has 0 fully saturated rings. The summed E-state index contributed by atoms with van der Waals surface area (Å²) in [7, 11) is 0. The van der Waals surface area contributed by atoms with Gasteiger partial charge in [-0.2, -0.15) is 0 Å². The quantitative estimate of drug-likeness (QED) is 0.664. The van der Waals surface area contributed by atoms with Crippen molar-refractivity contribution in [3.8, 4) is 11.8 Å². The molecule has 0 aliphatic heterocycles. The molecular weight excluding hydrogens is 227 g/mol. The summed E-state index contributed by atoms with van der Waals surface area (Å²) < 4.78 is 0. The van der Waals surface area contributed by atoms with Crippen LogP contribution >= 0.6 is 23.2 Å². The number of hydrogen-bond donors (Lipinski definition) is 0. The van der Waals surface area contributed by atoms with Gasteiger partial charge in [0, 0.05) is 22.4 Å². The van der Waals surface area contributed by atoms with Crippen LogP contribution in [0.5, 0.6) is 0 Å². The molecule has 0 bridgehead atoms. The number of benzene rings is 1. The molecule has 0 amide bonds. The van der Waals surface area contributed by atoms with Crippen LogP contribution in [0.3, 0.4) is 0 Å². The van der Waals surface area contributed by atoms with Gasteiger partial charge in [-0.3, -0.25) is 0 Å². The van der Waals surface area contributed by atoms with Gasteiger partial charge in [0.25, 0.3) is 0 Å². The molecule has 0 aliphatic rings. The first-order valence-electron chi connectivity index (χ1n) is 5.06. The lowest BCUT2D eigenvalue weighted by Gasteiger charge is -2.08. The van der Waals surface area contributed by atoms with Crippen molar-refractivity contribution in [1.29, 1.82) is 0 Å². The van der Waals surface area contributed by atoms with Crippen LogP contribution in [-0.2, 0) is 6.42 Å². The van der Waals surface area contributed by atoms with Crippen LogP contribution in [0, 0.1) is 17.8 Å². The van der Waals surface area contributed by atoms with Gasteiger partial charge in [0.2, 0.25) is 0 Å². The fourth-order valence-corrected chi connectivity index (χ4v) is 1.91. The molecule has 2 heteroatoms. The van der Waals surface area contributed by atoms with E-state index in [9.17, 15) is 0 Å². The molecule has 0 heterocycles. The van der Waals surface area contributed by atoms with Crippen molar-refractivity contribution in [1.82, 2.24) is 0 Å². The Bertz CT molecular complexity index is 365. The van der Waals surface area contributed by atoms with Gasteiger partial charge < -0.3 is 0 Å². The highest BCUT2D eigenvalue weighted by Gasteiger charge is 2.08. The highest BCUT2D eigenvalue weighted by atomic mass is 35.5. The zero-order valence-electron chi connectivity index (χ0n) is 8.98. The average molecular weight is 241 g/mol. The minimum Gasteiger partial charge on any atom is -0.103 e. The van der Waals surface area contributed by atoms with E-state index in [1.165, 1.54) is 0 Å². The fourth-order valence-electron chi connectivity index (χ4n) is 1.36. The Labute approximate surface area is 102 Å². The molecule has 0 aromatic heterocycles. The summed E-state index contributed by atoms with van der Waals surface area (Å²) in [5.74, 6) is 6.53. The molecule has 80 valence electrons. The second-order valence-corrected chi connectivity index (χ2v) is 4.29. The lowest BCUT2D eigenvalue weighted by molar-refractivity contribution is 0.749. The molecule has 0 aliphatic carbocycles. The highest BCUT2D eigenvalue weighted by Crippen LogP contribution is 2.26. The second-order valence-electron chi connectivity index (χ2n) is 3.48. The third kappa shape index (κ3) is 3.78. The van der Waals surface area contributed by atoms with E-state index in [2.05, 4.69) is 18.8 Å². The summed E-state index contributed by atoms with van der Waals surface area (Å²) in [5, 5.41) is 1.46. The third-order valence-electron chi connectivity index (χ3n) is 2.10. The Morgan fingerprint density at radius 3 is 2.40 bits per heavy atom. The molecule has 1 atom stereocenters. The number of rotatable bonds is 2. The van der Waals surface area contributed by atoms with Crippen LogP contribution in [-0.4, -0.2) is 0 Å². The van der Waals surface area contributed by atoms with Crippen LogP contribution < -0.4 is 0 Å². The fraction of sp³-hybridized carbons (Fsp3) is 0.385. The van der Waals surface area contributed by atoms with Crippen molar-refractivity contribution < 1.29 is 0 Å². The van der Waals surface area contributed by atoms with Gasteiger partial charge in [0.15, 0.2) is 0 Å². The molecule has 0 saturated carbocycles. The van der Waals surface area contributed by atoms with Crippen LogP contribution in [0.25, 0.3) is 0 Å². The van der Waals surface area contributed by atoms with Gasteiger partial charge >= 0.3 is 0 Å². The van der Waals surface area contributed by atoms with Gasteiger partial charge in [0.05, 0.1) is 0 Å². The molecule has 1 unspecified atom stereocenters. The summed E-state index contributed by atoms with van der Waals surface area (Å²) in [5.41, 5.74) is 0.999. The normalized spacial score (nSPS) is 11.7. The number of halogens is 2. The monoisotopic (exact) mass is 240 g/mol. The van der Waals surface area contributed by atoms with Crippen molar-refractivity contribution in [2.24, 2.45) is 5.92 Å². The molecule has 1 aromatic rings. The van der Waals surface area contributed by atoms with Crippen molar-refractivity contribution in [3.63, 3.8) is 0 Å². The smallest absolute Gasteiger partial charge is 0.0453 e. The maximum atomic E-state index is 6.08. The first-order valence-corrected chi connectivity index (χ1v) is 5.82. The van der Waals surface area contributed by atoms with E-state index in [4.69, 9.17) is 23.2 Å². The third-order valence-corrected chi connectivity index (χ3v) is 2.81. The van der Waals surface area contributed by atoms with Crippen LogP contribution in [0.4, 0.5) is 0 Å². The molecule has 0 spiro atoms. The minimum atomic E-state index is 0.294. The van der Waals surface area contributed by atoms with E-state index in [0.29, 0.717) is 5.92 Å². The summed E-state index contributed by atoms with van der Waals surface area (Å²) in [6.07, 6.45) is 1.70. The Kier molecular flexibility index (Phi) is 5.02. The van der Waals surface area contributed by atoms with Crippen molar-refractivity contribution >= 4 is 23.2 Å². The largest absolute Gasteiger partial charge is 0.103 e. The van der Waals surface area contributed by atoms with Gasteiger partial charge in [-0.1, -0.05) is 49.0 Å². The Morgan fingerprint density at radius 2 is 1.87 bits per heavy atom. The van der Waals surface area contributed by atoms with E-state index in [1.54, 1.807) is 0 Å². The van der Waals surface area contributed by atoms with Crippen molar-refractivity contribution in [2.75, 3.05) is 0 Å². The standard InChI is InChI=1S/C13H14Cl2/c1-3-4-6-10(2)9-11-12(14)7-5-8-13(11)15/h5,7-8,10H,3,9H2,1-2H3.